The van der Waals surface area contributed by atoms with Crippen LogP contribution in [0.3, 0.4) is 0 Å². The van der Waals surface area contributed by atoms with Crippen LogP contribution in [0.15, 0.2) is 22.3 Å². The van der Waals surface area contributed by atoms with Crippen molar-refractivity contribution < 1.29 is 0 Å². The largest absolute Gasteiger partial charge is 0.303 e. The van der Waals surface area contributed by atoms with Crippen molar-refractivity contribution in [3.05, 3.63) is 22.3 Å². The Morgan fingerprint density at radius 2 is 1.44 bits per heavy atom. The number of rotatable bonds is 3. The van der Waals surface area contributed by atoms with Crippen LogP contribution in [0.2, 0.25) is 0 Å². The van der Waals surface area contributed by atoms with Crippen molar-refractivity contribution >= 4 is 0 Å². The third-order valence-corrected chi connectivity index (χ3v) is 4.72. The van der Waals surface area contributed by atoms with Gasteiger partial charge in [0.2, 0.25) is 0 Å². The van der Waals surface area contributed by atoms with E-state index in [1.807, 2.05) is 0 Å². The SMILES string of the molecule is CC1=C(C)C(CCN2CCCC2)C(C)=C1C. The Hall–Kier alpha value is -0.560. The fourth-order valence-electron chi connectivity index (χ4n) is 3.19. The van der Waals surface area contributed by atoms with Crippen molar-refractivity contribution in [2.75, 3.05) is 19.6 Å². The lowest BCUT2D eigenvalue weighted by molar-refractivity contribution is 0.321. The molecule has 0 spiro atoms. The summed E-state index contributed by atoms with van der Waals surface area (Å²) in [5.74, 6) is 0.737. The molecule has 0 aromatic rings. The van der Waals surface area contributed by atoms with Crippen LogP contribution in [-0.4, -0.2) is 24.5 Å². The van der Waals surface area contributed by atoms with Crippen molar-refractivity contribution in [3.8, 4) is 0 Å². The van der Waals surface area contributed by atoms with Gasteiger partial charge in [0, 0.05) is 5.92 Å². The summed E-state index contributed by atoms with van der Waals surface area (Å²) in [7, 11) is 0. The van der Waals surface area contributed by atoms with Crippen LogP contribution in [0.25, 0.3) is 0 Å². The van der Waals surface area contributed by atoms with Gasteiger partial charge in [0.1, 0.15) is 0 Å². The molecule has 2 rings (SSSR count). The maximum atomic E-state index is 2.63. The van der Waals surface area contributed by atoms with E-state index in [1.165, 1.54) is 38.9 Å². The van der Waals surface area contributed by atoms with Crippen LogP contribution in [0.4, 0.5) is 0 Å². The van der Waals surface area contributed by atoms with Crippen molar-refractivity contribution in [1.29, 1.82) is 0 Å². The summed E-state index contributed by atoms with van der Waals surface area (Å²) in [6.45, 7) is 13.2. The lowest BCUT2D eigenvalue weighted by Crippen LogP contribution is -2.22. The first-order chi connectivity index (χ1) is 7.61. The fourth-order valence-corrected chi connectivity index (χ4v) is 3.19. The molecule has 2 aliphatic rings. The van der Waals surface area contributed by atoms with Crippen LogP contribution in [0.5, 0.6) is 0 Å². The van der Waals surface area contributed by atoms with Crippen LogP contribution in [-0.2, 0) is 0 Å². The van der Waals surface area contributed by atoms with Gasteiger partial charge in [-0.15, -0.1) is 0 Å². The number of likely N-dealkylation sites (tertiary alicyclic amines) is 1. The van der Waals surface area contributed by atoms with E-state index in [4.69, 9.17) is 0 Å². The quantitative estimate of drug-likeness (QED) is 0.698. The van der Waals surface area contributed by atoms with Gasteiger partial charge in [-0.2, -0.15) is 0 Å². The predicted molar refractivity (Wildman–Crippen MR) is 70.5 cm³/mol. The molecular formula is C15H25N. The zero-order chi connectivity index (χ0) is 11.7. The van der Waals surface area contributed by atoms with E-state index in [0.717, 1.165) is 5.92 Å². The molecule has 0 atom stereocenters. The second kappa shape index (κ2) is 4.75. The van der Waals surface area contributed by atoms with E-state index < -0.39 is 0 Å². The van der Waals surface area contributed by atoms with Crippen LogP contribution in [0, 0.1) is 5.92 Å². The first-order valence-corrected chi connectivity index (χ1v) is 6.68. The van der Waals surface area contributed by atoms with Crippen molar-refractivity contribution in [2.24, 2.45) is 5.92 Å². The van der Waals surface area contributed by atoms with Crippen LogP contribution in [0.1, 0.15) is 47.0 Å². The van der Waals surface area contributed by atoms with Crippen molar-refractivity contribution in [3.63, 3.8) is 0 Å². The molecule has 1 fully saturated rings. The van der Waals surface area contributed by atoms with Gasteiger partial charge in [-0.1, -0.05) is 11.1 Å². The first kappa shape index (κ1) is 11.9. The Morgan fingerprint density at radius 1 is 0.938 bits per heavy atom. The maximum Gasteiger partial charge on any atom is 0.00252 e. The first-order valence-electron chi connectivity index (χ1n) is 6.68. The molecule has 16 heavy (non-hydrogen) atoms. The highest BCUT2D eigenvalue weighted by atomic mass is 15.1. The monoisotopic (exact) mass is 219 g/mol. The minimum absolute atomic E-state index is 0.737. The Morgan fingerprint density at radius 3 is 1.94 bits per heavy atom. The van der Waals surface area contributed by atoms with Gasteiger partial charge in [-0.3, -0.25) is 0 Å². The summed E-state index contributed by atoms with van der Waals surface area (Å²) in [4.78, 5) is 2.63. The van der Waals surface area contributed by atoms with Gasteiger partial charge < -0.3 is 4.90 Å². The normalized spacial score (nSPS) is 24.0. The maximum absolute atomic E-state index is 2.63. The molecule has 0 N–H and O–H groups in total. The minimum atomic E-state index is 0.737. The molecule has 1 aliphatic heterocycles. The number of hydrogen-bond acceptors (Lipinski definition) is 1. The summed E-state index contributed by atoms with van der Waals surface area (Å²) in [5.41, 5.74) is 6.33. The van der Waals surface area contributed by atoms with E-state index in [9.17, 15) is 0 Å². The van der Waals surface area contributed by atoms with Crippen molar-refractivity contribution in [2.45, 2.75) is 47.0 Å². The van der Waals surface area contributed by atoms with Gasteiger partial charge in [0.05, 0.1) is 0 Å². The Bertz CT molecular complexity index is 305. The topological polar surface area (TPSA) is 3.24 Å². The summed E-state index contributed by atoms with van der Waals surface area (Å²) in [6.07, 6.45) is 4.14. The molecule has 90 valence electrons. The average Bonchev–Trinajstić information content (AvgIpc) is 2.84. The third-order valence-electron chi connectivity index (χ3n) is 4.72. The smallest absolute Gasteiger partial charge is 0.00252 e. The third kappa shape index (κ3) is 2.10. The molecule has 0 aromatic carbocycles. The van der Waals surface area contributed by atoms with Gasteiger partial charge >= 0.3 is 0 Å². The summed E-state index contributed by atoms with van der Waals surface area (Å²) in [6, 6.07) is 0. The number of nitrogens with zero attached hydrogens (tertiary/aromatic N) is 1. The standard InChI is InChI=1S/C15H25N/c1-11-12(2)14(4)15(13(11)3)7-10-16-8-5-6-9-16/h15H,5-10H2,1-4H3. The van der Waals surface area contributed by atoms with E-state index in [-0.39, 0.29) is 0 Å². The zero-order valence-electron chi connectivity index (χ0n) is 11.3. The summed E-state index contributed by atoms with van der Waals surface area (Å²) >= 11 is 0. The van der Waals surface area contributed by atoms with Gasteiger partial charge in [-0.05, 0) is 77.7 Å². The second-order valence-corrected chi connectivity index (χ2v) is 5.51. The predicted octanol–water partition coefficient (Wildman–Crippen LogP) is 3.77. The molecule has 1 nitrogen and oxygen atoms in total. The molecule has 1 saturated heterocycles. The molecule has 0 unspecified atom stereocenters. The lowest BCUT2D eigenvalue weighted by atomic mass is 9.93. The van der Waals surface area contributed by atoms with Crippen molar-refractivity contribution in [1.82, 2.24) is 4.90 Å². The second-order valence-electron chi connectivity index (χ2n) is 5.51. The van der Waals surface area contributed by atoms with Gasteiger partial charge in [0.25, 0.3) is 0 Å². The van der Waals surface area contributed by atoms with Gasteiger partial charge in [-0.25, -0.2) is 0 Å². The van der Waals surface area contributed by atoms with E-state index in [2.05, 4.69) is 32.6 Å². The molecular weight excluding hydrogens is 194 g/mol. The average molecular weight is 219 g/mol. The van der Waals surface area contributed by atoms with Gasteiger partial charge in [0.15, 0.2) is 0 Å². The highest BCUT2D eigenvalue weighted by Gasteiger charge is 2.24. The van der Waals surface area contributed by atoms with Crippen LogP contribution >= 0.6 is 0 Å². The van der Waals surface area contributed by atoms with E-state index >= 15 is 0 Å². The Labute approximate surface area is 100 Å². The zero-order valence-corrected chi connectivity index (χ0v) is 11.3. The van der Waals surface area contributed by atoms with E-state index in [0.29, 0.717) is 0 Å². The summed E-state index contributed by atoms with van der Waals surface area (Å²) in [5, 5.41) is 0. The molecule has 1 heteroatoms. The molecule has 0 amide bonds. The highest BCUT2D eigenvalue weighted by Crippen LogP contribution is 2.38. The van der Waals surface area contributed by atoms with Crippen LogP contribution < -0.4 is 0 Å². The Kier molecular flexibility index (Phi) is 3.53. The molecule has 0 aromatic heterocycles. The molecule has 0 saturated carbocycles. The molecule has 0 bridgehead atoms. The highest BCUT2D eigenvalue weighted by molar-refractivity contribution is 5.46. The minimum Gasteiger partial charge on any atom is -0.303 e. The van der Waals surface area contributed by atoms with E-state index in [1.54, 1.807) is 22.3 Å². The lowest BCUT2D eigenvalue weighted by Gasteiger charge is -2.20. The fraction of sp³-hybridized carbons (Fsp3) is 0.733. The molecule has 1 heterocycles. The molecule has 1 aliphatic carbocycles. The number of hydrogen-bond donors (Lipinski definition) is 0. The Balaban J connectivity index is 1.95. The number of allylic oxidation sites excluding steroid dienone is 4. The summed E-state index contributed by atoms with van der Waals surface area (Å²) < 4.78 is 0. The molecule has 0 radical (unpaired) electrons.